The van der Waals surface area contributed by atoms with Crippen molar-refractivity contribution in [3.8, 4) is 0 Å². The molecule has 0 N–H and O–H groups in total. The van der Waals surface area contributed by atoms with Gasteiger partial charge in [0.05, 0.1) is 0 Å². The predicted molar refractivity (Wildman–Crippen MR) is 75.8 cm³/mol. The molecular formula is C17H16O2. The van der Waals surface area contributed by atoms with Crippen molar-refractivity contribution in [1.82, 2.24) is 0 Å². The highest BCUT2D eigenvalue weighted by Gasteiger charge is 2.06. The van der Waals surface area contributed by atoms with E-state index in [4.69, 9.17) is 0 Å². The van der Waals surface area contributed by atoms with Gasteiger partial charge in [0, 0.05) is 11.1 Å². The Morgan fingerprint density at radius 2 is 1.32 bits per heavy atom. The zero-order valence-electron chi connectivity index (χ0n) is 10.9. The van der Waals surface area contributed by atoms with Gasteiger partial charge in [-0.1, -0.05) is 55.5 Å². The first kappa shape index (κ1) is 13.2. The lowest BCUT2D eigenvalue weighted by atomic mass is 9.93. The molecule has 2 aromatic rings. The zero-order chi connectivity index (χ0) is 13.7. The molecule has 2 rings (SSSR count). The van der Waals surface area contributed by atoms with E-state index in [-0.39, 0.29) is 0 Å². The van der Waals surface area contributed by atoms with Gasteiger partial charge in [-0.25, -0.2) is 0 Å². The molecule has 2 aromatic carbocycles. The van der Waals surface area contributed by atoms with E-state index in [1.165, 1.54) is 11.1 Å². The van der Waals surface area contributed by atoms with Gasteiger partial charge in [0.1, 0.15) is 12.6 Å². The second-order valence-electron chi connectivity index (χ2n) is 4.75. The van der Waals surface area contributed by atoms with Crippen LogP contribution < -0.4 is 0 Å². The molecule has 0 radical (unpaired) electrons. The molecule has 1 atom stereocenters. The average Bonchev–Trinajstić information content (AvgIpc) is 2.48. The summed E-state index contributed by atoms with van der Waals surface area (Å²) in [7, 11) is 0. The van der Waals surface area contributed by atoms with E-state index in [1.54, 1.807) is 0 Å². The normalized spacial score (nSPS) is 11.8. The zero-order valence-corrected chi connectivity index (χ0v) is 10.9. The third kappa shape index (κ3) is 3.38. The second kappa shape index (κ2) is 6.10. The average molecular weight is 252 g/mol. The summed E-state index contributed by atoms with van der Waals surface area (Å²) in [5.41, 5.74) is 3.82. The van der Waals surface area contributed by atoms with Gasteiger partial charge in [0.25, 0.3) is 0 Å². The van der Waals surface area contributed by atoms with Gasteiger partial charge in [-0.15, -0.1) is 0 Å². The van der Waals surface area contributed by atoms with E-state index in [2.05, 4.69) is 6.92 Å². The van der Waals surface area contributed by atoms with Crippen LogP contribution in [0.5, 0.6) is 0 Å². The van der Waals surface area contributed by atoms with E-state index in [0.717, 1.165) is 19.0 Å². The van der Waals surface area contributed by atoms with Gasteiger partial charge in [-0.3, -0.25) is 9.59 Å². The van der Waals surface area contributed by atoms with E-state index < -0.39 is 0 Å². The number of carbonyl (C=O) groups excluding carboxylic acids is 2. The first-order chi connectivity index (χ1) is 9.22. The molecule has 0 saturated heterocycles. The lowest BCUT2D eigenvalue weighted by Gasteiger charge is -2.12. The maximum atomic E-state index is 10.6. The summed E-state index contributed by atoms with van der Waals surface area (Å²) in [4.78, 5) is 21.2. The molecule has 19 heavy (non-hydrogen) atoms. The van der Waals surface area contributed by atoms with Crippen LogP contribution in [0.25, 0.3) is 0 Å². The number of benzene rings is 2. The summed E-state index contributed by atoms with van der Waals surface area (Å²) in [6.45, 7) is 2.16. The van der Waals surface area contributed by atoms with Crippen LogP contribution in [0.4, 0.5) is 0 Å². The number of carbonyl (C=O) groups is 2. The van der Waals surface area contributed by atoms with Gasteiger partial charge in [-0.2, -0.15) is 0 Å². The number of hydrogen-bond acceptors (Lipinski definition) is 2. The summed E-state index contributed by atoms with van der Waals surface area (Å²) >= 11 is 0. The highest BCUT2D eigenvalue weighted by molar-refractivity contribution is 5.75. The second-order valence-corrected chi connectivity index (χ2v) is 4.75. The number of aldehydes is 2. The molecule has 0 bridgehead atoms. The summed E-state index contributed by atoms with van der Waals surface area (Å²) < 4.78 is 0. The quantitative estimate of drug-likeness (QED) is 0.761. The lowest BCUT2D eigenvalue weighted by Crippen LogP contribution is -1.99. The van der Waals surface area contributed by atoms with Crippen LogP contribution >= 0.6 is 0 Å². The molecule has 0 fully saturated rings. The number of hydrogen-bond donors (Lipinski definition) is 0. The molecule has 0 aliphatic carbocycles. The summed E-state index contributed by atoms with van der Waals surface area (Å²) in [5, 5.41) is 0. The minimum absolute atomic E-state index is 0.378. The Hall–Kier alpha value is -2.22. The predicted octanol–water partition coefficient (Wildman–Crippen LogP) is 3.66. The van der Waals surface area contributed by atoms with Crippen molar-refractivity contribution in [2.24, 2.45) is 0 Å². The first-order valence-corrected chi connectivity index (χ1v) is 6.32. The SMILES string of the molecule is C[C@@H](Cc1ccc(C=O)cc1)c1ccc(C=O)cc1. The minimum Gasteiger partial charge on any atom is -0.298 e. The maximum absolute atomic E-state index is 10.6. The molecule has 2 nitrogen and oxygen atoms in total. The Kier molecular flexibility index (Phi) is 4.24. The van der Waals surface area contributed by atoms with Crippen LogP contribution in [0.3, 0.4) is 0 Å². The van der Waals surface area contributed by atoms with Gasteiger partial charge < -0.3 is 0 Å². The van der Waals surface area contributed by atoms with Crippen molar-refractivity contribution in [2.75, 3.05) is 0 Å². The van der Waals surface area contributed by atoms with Crippen molar-refractivity contribution in [3.63, 3.8) is 0 Å². The Labute approximate surface area is 113 Å². The Morgan fingerprint density at radius 1 is 0.842 bits per heavy atom. The molecule has 0 unspecified atom stereocenters. The first-order valence-electron chi connectivity index (χ1n) is 6.32. The Bertz CT molecular complexity index is 553. The largest absolute Gasteiger partial charge is 0.298 e. The fourth-order valence-electron chi connectivity index (χ4n) is 2.11. The molecule has 96 valence electrons. The molecule has 0 heterocycles. The highest BCUT2D eigenvalue weighted by atomic mass is 16.1. The smallest absolute Gasteiger partial charge is 0.150 e. The maximum Gasteiger partial charge on any atom is 0.150 e. The molecular weight excluding hydrogens is 236 g/mol. The van der Waals surface area contributed by atoms with E-state index in [0.29, 0.717) is 17.0 Å². The van der Waals surface area contributed by atoms with Gasteiger partial charge in [0.2, 0.25) is 0 Å². The summed E-state index contributed by atoms with van der Waals surface area (Å²) in [6.07, 6.45) is 2.62. The lowest BCUT2D eigenvalue weighted by molar-refractivity contribution is 0.111. The minimum atomic E-state index is 0.378. The molecule has 0 aliphatic heterocycles. The fraction of sp³-hybridized carbons (Fsp3) is 0.176. The Morgan fingerprint density at radius 3 is 1.79 bits per heavy atom. The van der Waals surface area contributed by atoms with Crippen molar-refractivity contribution in [3.05, 3.63) is 70.8 Å². The highest BCUT2D eigenvalue weighted by Crippen LogP contribution is 2.20. The molecule has 0 saturated carbocycles. The molecule has 0 aliphatic rings. The van der Waals surface area contributed by atoms with Crippen LogP contribution in [0.1, 0.15) is 44.7 Å². The summed E-state index contributed by atoms with van der Waals surface area (Å²) in [5.74, 6) is 0.378. The van der Waals surface area contributed by atoms with Crippen molar-refractivity contribution in [2.45, 2.75) is 19.3 Å². The van der Waals surface area contributed by atoms with Crippen molar-refractivity contribution in [1.29, 1.82) is 0 Å². The molecule has 0 aromatic heterocycles. The van der Waals surface area contributed by atoms with Crippen LogP contribution in [-0.2, 0) is 6.42 Å². The van der Waals surface area contributed by atoms with E-state index >= 15 is 0 Å². The van der Waals surface area contributed by atoms with Crippen LogP contribution in [-0.4, -0.2) is 12.6 Å². The van der Waals surface area contributed by atoms with Gasteiger partial charge in [-0.05, 0) is 23.5 Å². The van der Waals surface area contributed by atoms with E-state index in [9.17, 15) is 9.59 Å². The third-order valence-electron chi connectivity index (χ3n) is 3.30. The van der Waals surface area contributed by atoms with Gasteiger partial charge in [0.15, 0.2) is 0 Å². The van der Waals surface area contributed by atoms with Crippen LogP contribution in [0, 0.1) is 0 Å². The van der Waals surface area contributed by atoms with Crippen LogP contribution in [0.2, 0.25) is 0 Å². The summed E-state index contributed by atoms with van der Waals surface area (Å²) in [6, 6.07) is 15.3. The van der Waals surface area contributed by atoms with Crippen LogP contribution in [0.15, 0.2) is 48.5 Å². The fourth-order valence-corrected chi connectivity index (χ4v) is 2.11. The Balaban J connectivity index is 2.08. The molecule has 2 heteroatoms. The monoisotopic (exact) mass is 252 g/mol. The molecule has 0 amide bonds. The van der Waals surface area contributed by atoms with Crippen molar-refractivity contribution >= 4 is 12.6 Å². The standard InChI is InChI=1S/C17H16O2/c1-13(17-8-6-16(12-19)7-9-17)10-14-2-4-15(11-18)5-3-14/h2-9,11-13H,10H2,1H3/t13-/m0/s1. The van der Waals surface area contributed by atoms with E-state index in [1.807, 2.05) is 48.5 Å². The topological polar surface area (TPSA) is 34.1 Å². The number of rotatable bonds is 5. The third-order valence-corrected chi connectivity index (χ3v) is 3.30. The van der Waals surface area contributed by atoms with Crippen molar-refractivity contribution < 1.29 is 9.59 Å². The van der Waals surface area contributed by atoms with Gasteiger partial charge >= 0.3 is 0 Å². The molecule has 0 spiro atoms.